The summed E-state index contributed by atoms with van der Waals surface area (Å²) in [5.41, 5.74) is 2.89. The van der Waals surface area contributed by atoms with Crippen molar-refractivity contribution in [3.05, 3.63) is 29.3 Å². The number of unbranched alkanes of at least 4 members (excludes halogenated alkanes) is 3. The number of ether oxygens (including phenoxy) is 1. The molecule has 2 N–H and O–H groups in total. The van der Waals surface area contributed by atoms with E-state index in [0.29, 0.717) is 12.6 Å². The van der Waals surface area contributed by atoms with Gasteiger partial charge in [0.25, 0.3) is 0 Å². The fraction of sp³-hybridized carbons (Fsp3) is 0.647. The average molecular weight is 277 g/mol. The third kappa shape index (κ3) is 4.22. The normalized spacial score (nSPS) is 17.2. The van der Waals surface area contributed by atoms with Gasteiger partial charge in [0, 0.05) is 12.6 Å². The van der Waals surface area contributed by atoms with Crippen LogP contribution < -0.4 is 10.1 Å². The monoisotopic (exact) mass is 277 g/mol. The molecule has 1 aliphatic rings. The molecular weight excluding hydrogens is 250 g/mol. The van der Waals surface area contributed by atoms with Crippen molar-refractivity contribution in [2.45, 2.75) is 51.5 Å². The van der Waals surface area contributed by atoms with Crippen molar-refractivity contribution < 1.29 is 9.84 Å². The minimum atomic E-state index is 0.304. The number of aryl methyl sites for hydroxylation is 1. The van der Waals surface area contributed by atoms with Crippen LogP contribution in [-0.4, -0.2) is 24.9 Å². The van der Waals surface area contributed by atoms with Crippen LogP contribution in [-0.2, 0) is 6.42 Å². The first-order valence-electron chi connectivity index (χ1n) is 7.95. The van der Waals surface area contributed by atoms with Crippen molar-refractivity contribution in [3.63, 3.8) is 0 Å². The Hall–Kier alpha value is -1.06. The Morgan fingerprint density at radius 2 is 2.10 bits per heavy atom. The number of rotatable bonds is 9. The minimum absolute atomic E-state index is 0.304. The van der Waals surface area contributed by atoms with E-state index in [0.717, 1.165) is 51.0 Å². The second-order valence-electron chi connectivity index (χ2n) is 5.50. The van der Waals surface area contributed by atoms with Gasteiger partial charge in [-0.1, -0.05) is 19.4 Å². The van der Waals surface area contributed by atoms with Crippen molar-refractivity contribution in [3.8, 4) is 5.75 Å². The summed E-state index contributed by atoms with van der Waals surface area (Å²) < 4.78 is 5.82. The zero-order valence-electron chi connectivity index (χ0n) is 12.5. The molecule has 0 aliphatic heterocycles. The van der Waals surface area contributed by atoms with E-state index < -0.39 is 0 Å². The molecule has 0 saturated carbocycles. The third-order valence-electron chi connectivity index (χ3n) is 3.96. The van der Waals surface area contributed by atoms with E-state index in [2.05, 4.69) is 30.4 Å². The fourth-order valence-corrected chi connectivity index (χ4v) is 2.90. The first-order valence-corrected chi connectivity index (χ1v) is 7.95. The van der Waals surface area contributed by atoms with Crippen LogP contribution in [0.5, 0.6) is 5.75 Å². The number of hydrogen-bond acceptors (Lipinski definition) is 3. The highest BCUT2D eigenvalue weighted by atomic mass is 16.5. The fourth-order valence-electron chi connectivity index (χ4n) is 2.90. The number of aliphatic hydroxyl groups is 1. The molecule has 0 amide bonds. The molecule has 1 aliphatic carbocycles. The van der Waals surface area contributed by atoms with Crippen molar-refractivity contribution >= 4 is 0 Å². The molecule has 0 heterocycles. The van der Waals surface area contributed by atoms with E-state index in [9.17, 15) is 0 Å². The molecule has 0 aromatic heterocycles. The molecule has 0 bridgehead atoms. The molecule has 2 rings (SSSR count). The molecule has 3 heteroatoms. The van der Waals surface area contributed by atoms with Gasteiger partial charge in [-0.05, 0) is 61.9 Å². The minimum Gasteiger partial charge on any atom is -0.494 e. The molecule has 1 aromatic rings. The van der Waals surface area contributed by atoms with Gasteiger partial charge in [-0.3, -0.25) is 0 Å². The van der Waals surface area contributed by atoms with E-state index in [1.54, 1.807) is 0 Å². The Morgan fingerprint density at radius 1 is 1.25 bits per heavy atom. The van der Waals surface area contributed by atoms with Crippen LogP contribution in [0.25, 0.3) is 0 Å². The second kappa shape index (κ2) is 8.28. The zero-order valence-corrected chi connectivity index (χ0v) is 12.5. The molecule has 0 saturated heterocycles. The molecule has 20 heavy (non-hydrogen) atoms. The summed E-state index contributed by atoms with van der Waals surface area (Å²) in [5.74, 6) is 1.00. The van der Waals surface area contributed by atoms with Crippen LogP contribution in [0.2, 0.25) is 0 Å². The molecule has 3 nitrogen and oxygen atoms in total. The number of nitrogens with one attached hydrogen (secondary N) is 1. The quantitative estimate of drug-likeness (QED) is 0.681. The summed E-state index contributed by atoms with van der Waals surface area (Å²) in [6.07, 6.45) is 6.55. The van der Waals surface area contributed by atoms with E-state index in [-0.39, 0.29) is 0 Å². The molecular formula is C17H27NO2. The van der Waals surface area contributed by atoms with Gasteiger partial charge in [0.2, 0.25) is 0 Å². The summed E-state index contributed by atoms with van der Waals surface area (Å²) in [7, 11) is 0. The maximum atomic E-state index is 8.71. The molecule has 112 valence electrons. The van der Waals surface area contributed by atoms with Crippen molar-refractivity contribution in [2.24, 2.45) is 0 Å². The summed E-state index contributed by atoms with van der Waals surface area (Å²) in [5, 5.41) is 12.2. The molecule has 0 spiro atoms. The lowest BCUT2D eigenvalue weighted by Crippen LogP contribution is -2.18. The summed E-state index contributed by atoms with van der Waals surface area (Å²) in [6.45, 7) is 4.27. The van der Waals surface area contributed by atoms with Gasteiger partial charge in [-0.2, -0.15) is 0 Å². The lowest BCUT2D eigenvalue weighted by Gasteiger charge is -2.13. The molecule has 1 aromatic carbocycles. The highest BCUT2D eigenvalue weighted by Gasteiger charge is 2.21. The lowest BCUT2D eigenvalue weighted by molar-refractivity contribution is 0.273. The van der Waals surface area contributed by atoms with Crippen LogP contribution in [0, 0.1) is 0 Å². The van der Waals surface area contributed by atoms with E-state index >= 15 is 0 Å². The largest absolute Gasteiger partial charge is 0.494 e. The van der Waals surface area contributed by atoms with Crippen LogP contribution in [0.15, 0.2) is 18.2 Å². The highest BCUT2D eigenvalue weighted by molar-refractivity contribution is 5.40. The number of aliphatic hydroxyl groups excluding tert-OH is 1. The third-order valence-corrected chi connectivity index (χ3v) is 3.96. The van der Waals surface area contributed by atoms with Gasteiger partial charge in [0.1, 0.15) is 5.75 Å². The molecule has 1 unspecified atom stereocenters. The number of fused-ring (bicyclic) bond motifs is 1. The van der Waals surface area contributed by atoms with Crippen LogP contribution in [0.1, 0.15) is 56.2 Å². The van der Waals surface area contributed by atoms with Gasteiger partial charge in [0.05, 0.1) is 6.61 Å². The lowest BCUT2D eigenvalue weighted by atomic mass is 10.1. The Bertz CT molecular complexity index is 406. The SMILES string of the molecule is CCNC1CCc2cc(OCCCCCCO)ccc21. The van der Waals surface area contributed by atoms with Gasteiger partial charge >= 0.3 is 0 Å². The number of benzene rings is 1. The maximum absolute atomic E-state index is 8.71. The van der Waals surface area contributed by atoms with Crippen molar-refractivity contribution in [2.75, 3.05) is 19.8 Å². The summed E-state index contributed by atoms with van der Waals surface area (Å²) >= 11 is 0. The van der Waals surface area contributed by atoms with Crippen molar-refractivity contribution in [1.29, 1.82) is 0 Å². The van der Waals surface area contributed by atoms with Crippen molar-refractivity contribution in [1.82, 2.24) is 5.32 Å². The standard InChI is InChI=1S/C17H27NO2/c1-2-18-17-10-7-14-13-15(8-9-16(14)17)20-12-6-4-3-5-11-19/h8-9,13,17-19H,2-7,10-12H2,1H3. The predicted molar refractivity (Wildman–Crippen MR) is 82.2 cm³/mol. The van der Waals surface area contributed by atoms with E-state index in [1.165, 1.54) is 17.5 Å². The second-order valence-corrected chi connectivity index (χ2v) is 5.50. The topological polar surface area (TPSA) is 41.5 Å². The molecule has 0 radical (unpaired) electrons. The first kappa shape index (κ1) is 15.3. The first-order chi connectivity index (χ1) is 9.85. The van der Waals surface area contributed by atoms with Crippen LogP contribution in [0.4, 0.5) is 0 Å². The number of hydrogen-bond donors (Lipinski definition) is 2. The van der Waals surface area contributed by atoms with Gasteiger partial charge < -0.3 is 15.2 Å². The van der Waals surface area contributed by atoms with E-state index in [4.69, 9.17) is 9.84 Å². The molecule has 0 fully saturated rings. The van der Waals surface area contributed by atoms with E-state index in [1.807, 2.05) is 0 Å². The zero-order chi connectivity index (χ0) is 14.2. The predicted octanol–water partition coefficient (Wildman–Crippen LogP) is 3.21. The summed E-state index contributed by atoms with van der Waals surface area (Å²) in [4.78, 5) is 0. The Morgan fingerprint density at radius 3 is 2.90 bits per heavy atom. The Kier molecular flexibility index (Phi) is 6.34. The highest BCUT2D eigenvalue weighted by Crippen LogP contribution is 2.33. The average Bonchev–Trinajstić information content (AvgIpc) is 2.86. The summed E-state index contributed by atoms with van der Waals surface area (Å²) in [6, 6.07) is 7.06. The van der Waals surface area contributed by atoms with Gasteiger partial charge in [-0.15, -0.1) is 0 Å². The van der Waals surface area contributed by atoms with Crippen LogP contribution >= 0.6 is 0 Å². The Labute approximate surface area is 122 Å². The van der Waals surface area contributed by atoms with Gasteiger partial charge in [0.15, 0.2) is 0 Å². The smallest absolute Gasteiger partial charge is 0.119 e. The maximum Gasteiger partial charge on any atom is 0.119 e. The van der Waals surface area contributed by atoms with Gasteiger partial charge in [-0.25, -0.2) is 0 Å². The van der Waals surface area contributed by atoms with Crippen LogP contribution in [0.3, 0.4) is 0 Å². The Balaban J connectivity index is 1.77. The molecule has 1 atom stereocenters.